The van der Waals surface area contributed by atoms with Gasteiger partial charge in [-0.3, -0.25) is 9.69 Å². The lowest BCUT2D eigenvalue weighted by atomic mass is 10.1. The van der Waals surface area contributed by atoms with Crippen LogP contribution in [0, 0.1) is 11.6 Å². The van der Waals surface area contributed by atoms with Gasteiger partial charge in [0.15, 0.2) is 0 Å². The molecule has 1 aliphatic heterocycles. The highest BCUT2D eigenvalue weighted by Crippen LogP contribution is 2.26. The number of halogens is 3. The summed E-state index contributed by atoms with van der Waals surface area (Å²) in [6, 6.07) is 10.2. The molecule has 1 heterocycles. The fourth-order valence-corrected chi connectivity index (χ4v) is 3.04. The molecule has 1 amide bonds. The van der Waals surface area contributed by atoms with E-state index in [4.69, 9.17) is 11.6 Å². The van der Waals surface area contributed by atoms with Crippen LogP contribution < -0.4 is 4.90 Å². The van der Waals surface area contributed by atoms with E-state index in [0.29, 0.717) is 25.3 Å². The van der Waals surface area contributed by atoms with E-state index < -0.39 is 5.82 Å². The molecule has 0 bridgehead atoms. The predicted octanol–water partition coefficient (Wildman–Crippen LogP) is 3.86. The number of rotatable bonds is 3. The average molecular weight is 351 g/mol. The first-order valence-corrected chi connectivity index (χ1v) is 8.08. The van der Waals surface area contributed by atoms with E-state index in [2.05, 4.69) is 0 Å². The molecule has 2 aromatic carbocycles. The number of carbonyl (C=O) groups excluding carboxylic acids is 1. The second-order valence-corrected chi connectivity index (χ2v) is 6.27. The van der Waals surface area contributed by atoms with E-state index in [1.165, 1.54) is 24.3 Å². The highest BCUT2D eigenvalue weighted by Gasteiger charge is 2.32. The molecule has 1 aliphatic rings. The normalized spacial score (nSPS) is 18.9. The smallest absolute Gasteiger partial charge is 0.244 e. The summed E-state index contributed by atoms with van der Waals surface area (Å²) in [6.07, 6.45) is 0. The fraction of sp³-hybridized carbons (Fsp3) is 0.278. The summed E-state index contributed by atoms with van der Waals surface area (Å²) in [5, 5.41) is 0.00157. The number of piperazine rings is 1. The molecule has 0 saturated carbocycles. The number of nitrogens with zero attached hydrogens (tertiary/aromatic N) is 2. The van der Waals surface area contributed by atoms with Gasteiger partial charge in [-0.05, 0) is 42.8 Å². The molecule has 3 nitrogen and oxygen atoms in total. The lowest BCUT2D eigenvalue weighted by Gasteiger charge is -2.39. The van der Waals surface area contributed by atoms with Crippen LogP contribution >= 0.6 is 11.6 Å². The Balaban J connectivity index is 1.73. The maximum atomic E-state index is 13.3. The van der Waals surface area contributed by atoms with Gasteiger partial charge in [-0.15, -0.1) is 0 Å². The Bertz CT molecular complexity index is 751. The Labute approximate surface area is 144 Å². The van der Waals surface area contributed by atoms with Crippen LogP contribution in [0.3, 0.4) is 0 Å². The van der Waals surface area contributed by atoms with Crippen molar-refractivity contribution in [2.75, 3.05) is 18.0 Å². The molecule has 126 valence electrons. The van der Waals surface area contributed by atoms with Crippen LogP contribution in [-0.2, 0) is 11.3 Å². The van der Waals surface area contributed by atoms with Crippen molar-refractivity contribution in [2.45, 2.75) is 19.5 Å². The molecule has 1 atom stereocenters. The molecular weight excluding hydrogens is 334 g/mol. The zero-order valence-electron chi connectivity index (χ0n) is 13.2. The summed E-state index contributed by atoms with van der Waals surface area (Å²) < 4.78 is 26.3. The third-order valence-electron chi connectivity index (χ3n) is 4.30. The third-order valence-corrected chi connectivity index (χ3v) is 4.59. The largest absolute Gasteiger partial charge is 0.310 e. The Morgan fingerprint density at radius 3 is 2.50 bits per heavy atom. The SMILES string of the molecule is C[C@@H]1C(=O)N(c2ccc(F)c(Cl)c2)CCN1Cc1ccc(F)cc1. The topological polar surface area (TPSA) is 23.6 Å². The average Bonchev–Trinajstić information content (AvgIpc) is 2.57. The van der Waals surface area contributed by atoms with E-state index in [1.54, 1.807) is 23.1 Å². The van der Waals surface area contributed by atoms with Crippen molar-refractivity contribution in [3.05, 3.63) is 64.7 Å². The summed E-state index contributed by atoms with van der Waals surface area (Å²) in [5.74, 6) is -0.845. The van der Waals surface area contributed by atoms with Crippen molar-refractivity contribution in [2.24, 2.45) is 0 Å². The minimum Gasteiger partial charge on any atom is -0.310 e. The van der Waals surface area contributed by atoms with Gasteiger partial charge in [-0.2, -0.15) is 0 Å². The Kier molecular flexibility index (Phi) is 4.83. The molecule has 0 aromatic heterocycles. The molecule has 1 saturated heterocycles. The number of anilines is 1. The highest BCUT2D eigenvalue weighted by atomic mass is 35.5. The summed E-state index contributed by atoms with van der Waals surface area (Å²) in [7, 11) is 0. The van der Waals surface area contributed by atoms with Crippen molar-refractivity contribution in [1.82, 2.24) is 4.90 Å². The summed E-state index contributed by atoms with van der Waals surface area (Å²) in [5.41, 5.74) is 1.55. The second-order valence-electron chi connectivity index (χ2n) is 5.86. The first-order valence-electron chi connectivity index (χ1n) is 7.70. The van der Waals surface area contributed by atoms with Crippen molar-refractivity contribution in [3.63, 3.8) is 0 Å². The predicted molar refractivity (Wildman–Crippen MR) is 90.0 cm³/mol. The van der Waals surface area contributed by atoms with Crippen molar-refractivity contribution in [1.29, 1.82) is 0 Å². The zero-order valence-corrected chi connectivity index (χ0v) is 13.9. The van der Waals surface area contributed by atoms with Crippen LogP contribution in [0.15, 0.2) is 42.5 Å². The fourth-order valence-electron chi connectivity index (χ4n) is 2.86. The van der Waals surface area contributed by atoms with Gasteiger partial charge in [-0.1, -0.05) is 23.7 Å². The first kappa shape index (κ1) is 16.9. The van der Waals surface area contributed by atoms with E-state index in [-0.39, 0.29) is 22.8 Å². The standard InChI is InChI=1S/C18H17ClF2N2O/c1-12-18(24)23(15-6-7-17(21)16(19)10-15)9-8-22(12)11-13-2-4-14(20)5-3-13/h2-7,10,12H,8-9,11H2,1H3/t12-/m1/s1. The van der Waals surface area contributed by atoms with Crippen molar-refractivity contribution >= 4 is 23.2 Å². The molecular formula is C18H17ClF2N2O. The van der Waals surface area contributed by atoms with Crippen LogP contribution in [0.4, 0.5) is 14.5 Å². The van der Waals surface area contributed by atoms with Crippen molar-refractivity contribution in [3.8, 4) is 0 Å². The number of hydrogen-bond acceptors (Lipinski definition) is 2. The van der Waals surface area contributed by atoms with Crippen LogP contribution in [0.25, 0.3) is 0 Å². The lowest BCUT2D eigenvalue weighted by Crippen LogP contribution is -2.55. The molecule has 3 rings (SSSR count). The Morgan fingerprint density at radius 1 is 1.12 bits per heavy atom. The molecule has 0 radical (unpaired) electrons. The summed E-state index contributed by atoms with van der Waals surface area (Å²) in [6.45, 7) is 3.57. The van der Waals surface area contributed by atoms with E-state index in [9.17, 15) is 13.6 Å². The number of benzene rings is 2. The van der Waals surface area contributed by atoms with Gasteiger partial charge in [0, 0.05) is 25.3 Å². The zero-order chi connectivity index (χ0) is 17.3. The first-order chi connectivity index (χ1) is 11.5. The lowest BCUT2D eigenvalue weighted by molar-refractivity contribution is -0.125. The Hall–Kier alpha value is -1.98. The second kappa shape index (κ2) is 6.87. The van der Waals surface area contributed by atoms with Gasteiger partial charge in [-0.25, -0.2) is 8.78 Å². The van der Waals surface area contributed by atoms with Gasteiger partial charge >= 0.3 is 0 Å². The minimum atomic E-state index is -0.504. The van der Waals surface area contributed by atoms with Crippen LogP contribution in [0.5, 0.6) is 0 Å². The number of carbonyl (C=O) groups is 1. The van der Waals surface area contributed by atoms with Gasteiger partial charge in [0.1, 0.15) is 11.6 Å². The third kappa shape index (κ3) is 3.42. The van der Waals surface area contributed by atoms with Gasteiger partial charge < -0.3 is 4.90 Å². The van der Waals surface area contributed by atoms with Crippen molar-refractivity contribution < 1.29 is 13.6 Å². The molecule has 1 fully saturated rings. The molecule has 2 aromatic rings. The van der Waals surface area contributed by atoms with Gasteiger partial charge in [0.2, 0.25) is 5.91 Å². The maximum Gasteiger partial charge on any atom is 0.244 e. The molecule has 0 spiro atoms. The van der Waals surface area contributed by atoms with Crippen LogP contribution in [0.1, 0.15) is 12.5 Å². The van der Waals surface area contributed by atoms with Crippen LogP contribution in [0.2, 0.25) is 5.02 Å². The van der Waals surface area contributed by atoms with Gasteiger partial charge in [0.05, 0.1) is 11.1 Å². The maximum absolute atomic E-state index is 13.3. The highest BCUT2D eigenvalue weighted by molar-refractivity contribution is 6.31. The van der Waals surface area contributed by atoms with E-state index in [1.807, 2.05) is 11.8 Å². The van der Waals surface area contributed by atoms with E-state index in [0.717, 1.165) is 5.56 Å². The molecule has 0 unspecified atom stereocenters. The quantitative estimate of drug-likeness (QED) is 0.839. The number of hydrogen-bond donors (Lipinski definition) is 0. The van der Waals surface area contributed by atoms with E-state index >= 15 is 0 Å². The van der Waals surface area contributed by atoms with Gasteiger partial charge in [0.25, 0.3) is 0 Å². The molecule has 6 heteroatoms. The molecule has 24 heavy (non-hydrogen) atoms. The number of amides is 1. The minimum absolute atomic E-state index is 0.00157. The summed E-state index contributed by atoms with van der Waals surface area (Å²) in [4.78, 5) is 16.3. The molecule has 0 N–H and O–H groups in total. The molecule has 0 aliphatic carbocycles. The Morgan fingerprint density at radius 2 is 1.83 bits per heavy atom. The van der Waals surface area contributed by atoms with Crippen LogP contribution in [-0.4, -0.2) is 29.9 Å². The monoisotopic (exact) mass is 350 g/mol. The summed E-state index contributed by atoms with van der Waals surface area (Å²) >= 11 is 5.81.